The number of hydrogen-bond acceptors (Lipinski definition) is 6. The third-order valence-corrected chi connectivity index (χ3v) is 7.47. The number of methoxy groups -OCH3 is 1. The monoisotopic (exact) mass is 458 g/mol. The van der Waals surface area contributed by atoms with E-state index in [-0.39, 0.29) is 11.4 Å². The minimum atomic E-state index is -4.13. The molecule has 0 spiro atoms. The van der Waals surface area contributed by atoms with Gasteiger partial charge in [-0.3, -0.25) is 9.10 Å². The van der Waals surface area contributed by atoms with Crippen LogP contribution in [0.1, 0.15) is 20.8 Å². The molecule has 160 valence electrons. The molecule has 0 fully saturated rings. The highest BCUT2D eigenvalue weighted by Gasteiger charge is 2.41. The van der Waals surface area contributed by atoms with Crippen LogP contribution in [0.2, 0.25) is 0 Å². The van der Waals surface area contributed by atoms with Crippen molar-refractivity contribution in [3.63, 3.8) is 0 Å². The van der Waals surface area contributed by atoms with E-state index >= 15 is 0 Å². The Kier molecular flexibility index (Phi) is 5.79. The number of ether oxygens (including phenoxy) is 1. The molecule has 4 rings (SSSR count). The van der Waals surface area contributed by atoms with Crippen LogP contribution < -0.4 is 14.4 Å². The maximum atomic E-state index is 13.6. The average Bonchev–Trinajstić information content (AvgIpc) is 3.23. The topological polar surface area (TPSA) is 75.7 Å². The summed E-state index contributed by atoms with van der Waals surface area (Å²) in [6.07, 6.45) is 1.23. The van der Waals surface area contributed by atoms with Crippen molar-refractivity contribution in [2.45, 2.75) is 13.1 Å². The number of nitrogens with zero attached hydrogens (tertiary/aromatic N) is 1. The number of nitrogens with one attached hydrogen (secondary N) is 1. The van der Waals surface area contributed by atoms with Gasteiger partial charge in [0.1, 0.15) is 16.4 Å². The van der Waals surface area contributed by atoms with Gasteiger partial charge in [0.15, 0.2) is 4.91 Å². The van der Waals surface area contributed by atoms with Gasteiger partial charge < -0.3 is 10.1 Å². The van der Waals surface area contributed by atoms with Crippen LogP contribution in [-0.2, 0) is 23.1 Å². The van der Waals surface area contributed by atoms with Crippen molar-refractivity contribution in [3.05, 3.63) is 92.9 Å². The summed E-state index contributed by atoms with van der Waals surface area (Å²) in [6.45, 7) is 0.231. The Hall–Kier alpha value is -3.17. The van der Waals surface area contributed by atoms with E-state index in [9.17, 15) is 17.6 Å². The molecule has 6 nitrogen and oxygen atoms in total. The summed E-state index contributed by atoms with van der Waals surface area (Å²) in [4.78, 5) is 12.9. The van der Waals surface area contributed by atoms with Crippen LogP contribution >= 0.6 is 11.3 Å². The van der Waals surface area contributed by atoms with Crippen molar-refractivity contribution in [1.82, 2.24) is 5.32 Å². The van der Waals surface area contributed by atoms with Gasteiger partial charge in [-0.1, -0.05) is 24.3 Å². The predicted octanol–water partition coefficient (Wildman–Crippen LogP) is 4.06. The number of ketones is 1. The summed E-state index contributed by atoms with van der Waals surface area (Å²) >= 11 is 1.18. The van der Waals surface area contributed by atoms with Gasteiger partial charge in [0.05, 0.1) is 19.3 Å². The van der Waals surface area contributed by atoms with E-state index in [4.69, 9.17) is 4.74 Å². The zero-order valence-corrected chi connectivity index (χ0v) is 18.2. The predicted molar refractivity (Wildman–Crippen MR) is 118 cm³/mol. The van der Waals surface area contributed by atoms with E-state index < -0.39 is 21.6 Å². The van der Waals surface area contributed by atoms with Crippen LogP contribution in [0.4, 0.5) is 10.1 Å². The minimum Gasteiger partial charge on any atom is -0.497 e. The molecule has 3 aromatic rings. The molecule has 1 aliphatic heterocycles. The molecule has 0 aliphatic carbocycles. The maximum absolute atomic E-state index is 13.6. The van der Waals surface area contributed by atoms with Gasteiger partial charge in [-0.15, -0.1) is 11.3 Å². The number of allylic oxidation sites excluding steroid dienone is 1. The first-order valence-electron chi connectivity index (χ1n) is 9.36. The van der Waals surface area contributed by atoms with Crippen molar-refractivity contribution in [2.24, 2.45) is 0 Å². The summed E-state index contributed by atoms with van der Waals surface area (Å²) in [5.41, 5.74) is 1.66. The second-order valence-electron chi connectivity index (χ2n) is 6.85. The van der Waals surface area contributed by atoms with Gasteiger partial charge in [-0.05, 0) is 46.8 Å². The lowest BCUT2D eigenvalue weighted by atomic mass is 10.2. The Labute approximate surface area is 183 Å². The van der Waals surface area contributed by atoms with Gasteiger partial charge in [0, 0.05) is 12.7 Å². The van der Waals surface area contributed by atoms with Crippen LogP contribution in [0.25, 0.3) is 0 Å². The van der Waals surface area contributed by atoms with E-state index in [0.29, 0.717) is 28.4 Å². The second kappa shape index (κ2) is 8.52. The van der Waals surface area contributed by atoms with Gasteiger partial charge in [0.25, 0.3) is 10.0 Å². The van der Waals surface area contributed by atoms with Crippen LogP contribution in [0, 0.1) is 5.82 Å². The number of carbonyl (C=O) groups is 1. The smallest absolute Gasteiger partial charge is 0.270 e. The van der Waals surface area contributed by atoms with Crippen LogP contribution in [-0.4, -0.2) is 21.3 Å². The number of hydrogen-bond donors (Lipinski definition) is 1. The zero-order chi connectivity index (χ0) is 22.0. The molecular weight excluding hydrogens is 439 g/mol. The molecule has 0 bridgehead atoms. The first-order chi connectivity index (χ1) is 14.9. The van der Waals surface area contributed by atoms with Crippen molar-refractivity contribution in [3.8, 4) is 5.75 Å². The molecule has 1 aromatic heterocycles. The van der Waals surface area contributed by atoms with Gasteiger partial charge in [-0.25, -0.2) is 12.8 Å². The van der Waals surface area contributed by atoms with Gasteiger partial charge in [0.2, 0.25) is 5.78 Å². The Morgan fingerprint density at radius 2 is 1.90 bits per heavy atom. The second-order valence-corrected chi connectivity index (χ2v) is 9.59. The fraction of sp³-hybridized carbons (Fsp3) is 0.136. The maximum Gasteiger partial charge on any atom is 0.270 e. The normalized spacial score (nSPS) is 16.3. The van der Waals surface area contributed by atoms with Gasteiger partial charge in [-0.2, -0.15) is 0 Å². The highest BCUT2D eigenvalue weighted by molar-refractivity contribution is 7.97. The first kappa shape index (κ1) is 21.1. The van der Waals surface area contributed by atoms with E-state index in [1.54, 1.807) is 30.7 Å². The number of halogens is 1. The quantitative estimate of drug-likeness (QED) is 0.564. The Morgan fingerprint density at radius 3 is 2.68 bits per heavy atom. The molecular formula is C22H19FN2O4S2. The summed E-state index contributed by atoms with van der Waals surface area (Å²) in [5, 5.41) is 4.60. The largest absolute Gasteiger partial charge is 0.497 e. The molecule has 0 unspecified atom stereocenters. The SMILES string of the molecule is COc1cccc(CNC=C2C(=O)c3sccc3N(Cc3cccc(F)c3)S2(=O)=O)c1. The molecule has 2 heterocycles. The van der Waals surface area contributed by atoms with Crippen molar-refractivity contribution in [1.29, 1.82) is 0 Å². The van der Waals surface area contributed by atoms with E-state index in [0.717, 1.165) is 9.87 Å². The minimum absolute atomic E-state index is 0.0790. The lowest BCUT2D eigenvalue weighted by Crippen LogP contribution is -2.38. The Balaban J connectivity index is 1.65. The summed E-state index contributed by atoms with van der Waals surface area (Å²) in [6, 6.07) is 14.6. The molecule has 0 amide bonds. The first-order valence-corrected chi connectivity index (χ1v) is 11.7. The Bertz CT molecular complexity index is 1270. The summed E-state index contributed by atoms with van der Waals surface area (Å²) in [5.74, 6) is -0.333. The Morgan fingerprint density at radius 1 is 1.13 bits per heavy atom. The number of benzene rings is 2. The van der Waals surface area contributed by atoms with Crippen molar-refractivity contribution < 1.29 is 22.3 Å². The number of rotatable bonds is 6. The lowest BCUT2D eigenvalue weighted by molar-refractivity contribution is 0.104. The van der Waals surface area contributed by atoms with Crippen molar-refractivity contribution in [2.75, 3.05) is 11.4 Å². The molecule has 9 heteroatoms. The fourth-order valence-corrected chi connectivity index (χ4v) is 5.81. The fourth-order valence-electron chi connectivity index (χ4n) is 3.30. The number of anilines is 1. The average molecular weight is 459 g/mol. The highest BCUT2D eigenvalue weighted by Crippen LogP contribution is 2.39. The van der Waals surface area contributed by atoms with Gasteiger partial charge >= 0.3 is 0 Å². The molecule has 31 heavy (non-hydrogen) atoms. The summed E-state index contributed by atoms with van der Waals surface area (Å²) in [7, 11) is -2.57. The number of fused-ring (bicyclic) bond motifs is 1. The molecule has 0 saturated carbocycles. The number of sulfonamides is 1. The highest BCUT2D eigenvalue weighted by atomic mass is 32.2. The van der Waals surface area contributed by atoms with Crippen LogP contribution in [0.5, 0.6) is 5.75 Å². The summed E-state index contributed by atoms with van der Waals surface area (Å²) < 4.78 is 46.6. The van der Waals surface area contributed by atoms with Crippen LogP contribution in [0.15, 0.2) is 71.1 Å². The van der Waals surface area contributed by atoms with E-state index in [2.05, 4.69) is 5.32 Å². The van der Waals surface area contributed by atoms with Crippen molar-refractivity contribution >= 4 is 32.8 Å². The van der Waals surface area contributed by atoms with E-state index in [1.807, 2.05) is 18.2 Å². The number of thiophene rings is 1. The molecule has 1 N–H and O–H groups in total. The number of Topliss-reactive ketones (excluding diaryl/α,β-unsaturated/α-hetero) is 1. The third-order valence-electron chi connectivity index (χ3n) is 4.80. The third kappa shape index (κ3) is 4.19. The molecule has 0 atom stereocenters. The lowest BCUT2D eigenvalue weighted by Gasteiger charge is -2.29. The van der Waals surface area contributed by atoms with E-state index in [1.165, 1.54) is 35.7 Å². The van der Waals surface area contributed by atoms with Crippen LogP contribution in [0.3, 0.4) is 0 Å². The molecule has 2 aromatic carbocycles. The number of carbonyl (C=O) groups excluding carboxylic acids is 1. The molecule has 1 aliphatic rings. The molecule has 0 radical (unpaired) electrons. The molecule has 0 saturated heterocycles. The zero-order valence-electron chi connectivity index (χ0n) is 16.5. The standard InChI is InChI=1S/C22H19FN2O4S2/c1-29-18-7-3-4-15(11-18)12-24-13-20-21(26)22-19(8-9-30-22)25(31(20,27)28)14-16-5-2-6-17(23)10-16/h2-11,13,24H,12,14H2,1H3.